The van der Waals surface area contributed by atoms with Gasteiger partial charge in [0.15, 0.2) is 0 Å². The number of anilines is 1. The lowest BCUT2D eigenvalue weighted by Crippen LogP contribution is -2.10. The smallest absolute Gasteiger partial charge is 0.359 e. The van der Waals surface area contributed by atoms with Crippen molar-refractivity contribution >= 4 is 28.2 Å². The second kappa shape index (κ2) is 6.47. The van der Waals surface area contributed by atoms with Gasteiger partial charge in [0.1, 0.15) is 11.0 Å². The number of halogens is 4. The maximum atomic E-state index is 12.2. The van der Waals surface area contributed by atoms with Crippen molar-refractivity contribution in [3.05, 3.63) is 30.0 Å². The van der Waals surface area contributed by atoms with Gasteiger partial charge < -0.3 is 5.32 Å². The minimum absolute atomic E-state index is 0.0587. The molecular weight excluding hydrogens is 297 g/mol. The van der Waals surface area contributed by atoms with E-state index >= 15 is 0 Å². The van der Waals surface area contributed by atoms with Crippen LogP contribution in [0.1, 0.15) is 19.2 Å². The number of carbonyl (C=O) groups is 1. The van der Waals surface area contributed by atoms with Crippen molar-refractivity contribution < 1.29 is 18.0 Å². The third-order valence-electron chi connectivity index (χ3n) is 2.04. The van der Waals surface area contributed by atoms with Crippen LogP contribution in [0.15, 0.2) is 24.2 Å². The van der Waals surface area contributed by atoms with Crippen LogP contribution in [0.3, 0.4) is 0 Å². The average molecular weight is 307 g/mol. The van der Waals surface area contributed by atoms with Gasteiger partial charge in [0, 0.05) is 18.2 Å². The summed E-state index contributed by atoms with van der Waals surface area (Å²) in [6.45, 7) is 1.33. The van der Waals surface area contributed by atoms with Gasteiger partial charge in [-0.05, 0) is 6.92 Å². The maximum Gasteiger partial charge on any atom is 0.451 e. The molecule has 0 aliphatic heterocycles. The molecule has 0 unspecified atom stereocenters. The van der Waals surface area contributed by atoms with Crippen LogP contribution in [-0.2, 0) is 11.0 Å². The molecule has 5 nitrogen and oxygen atoms in total. The third kappa shape index (κ3) is 4.96. The molecular formula is C11H10ClF3N4O. The number of allylic oxidation sites excluding steroid dienone is 1. The van der Waals surface area contributed by atoms with Gasteiger partial charge in [-0.1, -0.05) is 11.6 Å². The van der Waals surface area contributed by atoms with Crippen molar-refractivity contribution in [1.82, 2.24) is 9.97 Å². The molecule has 20 heavy (non-hydrogen) atoms. The van der Waals surface area contributed by atoms with Gasteiger partial charge in [0.05, 0.1) is 18.1 Å². The number of Topliss-reactive ketones (excluding diaryl/α,β-unsaturated/α-hetero) is 1. The van der Waals surface area contributed by atoms with Crippen LogP contribution in [-0.4, -0.2) is 20.9 Å². The molecule has 1 heterocycles. The number of alkyl halides is 3. The Morgan fingerprint density at radius 2 is 2.00 bits per heavy atom. The summed E-state index contributed by atoms with van der Waals surface area (Å²) >= 11 is 5.48. The highest BCUT2D eigenvalue weighted by Crippen LogP contribution is 2.25. The van der Waals surface area contributed by atoms with Crippen molar-refractivity contribution in [3.8, 4) is 0 Å². The van der Waals surface area contributed by atoms with E-state index in [1.165, 1.54) is 13.1 Å². The van der Waals surface area contributed by atoms with Crippen molar-refractivity contribution in [2.45, 2.75) is 19.5 Å². The minimum atomic E-state index is -4.60. The fraction of sp³-hybridized carbons (Fsp3) is 0.273. The second-order valence-corrected chi connectivity index (χ2v) is 4.18. The summed E-state index contributed by atoms with van der Waals surface area (Å²) in [7, 11) is 0. The van der Waals surface area contributed by atoms with E-state index in [1.807, 2.05) is 0 Å². The molecule has 0 saturated carbocycles. The van der Waals surface area contributed by atoms with Crippen molar-refractivity contribution in [1.29, 1.82) is 5.41 Å². The molecule has 1 aromatic heterocycles. The molecule has 9 heteroatoms. The lowest BCUT2D eigenvalue weighted by molar-refractivity contribution is -0.145. The Labute approximate surface area is 117 Å². The molecule has 0 saturated heterocycles. The Hall–Kier alpha value is -1.96. The van der Waals surface area contributed by atoms with Crippen LogP contribution in [0, 0.1) is 5.41 Å². The van der Waals surface area contributed by atoms with E-state index in [-0.39, 0.29) is 28.6 Å². The van der Waals surface area contributed by atoms with Gasteiger partial charge in [-0.25, -0.2) is 9.97 Å². The van der Waals surface area contributed by atoms with Crippen LogP contribution < -0.4 is 5.32 Å². The minimum Gasteiger partial charge on any atom is -0.359 e. The number of hydrogen-bond acceptors (Lipinski definition) is 5. The van der Waals surface area contributed by atoms with E-state index in [4.69, 9.17) is 17.0 Å². The summed E-state index contributed by atoms with van der Waals surface area (Å²) in [5, 5.41) is 9.50. The Morgan fingerprint density at radius 3 is 2.40 bits per heavy atom. The molecule has 0 fully saturated rings. The third-order valence-corrected chi connectivity index (χ3v) is 2.28. The summed E-state index contributed by atoms with van der Waals surface area (Å²) in [4.78, 5) is 17.3. The summed E-state index contributed by atoms with van der Waals surface area (Å²) in [6.07, 6.45) is -1.53. The standard InChI is InChI=1S/C11H10ClF3N4O/c1-6(20)2-7(9(12)16)3-17-8-4-18-10(19-5-8)11(13,14)15/h3-5,16-17H,2H2,1H3/b7-3-,16-9?. The zero-order valence-electron chi connectivity index (χ0n) is 10.3. The molecule has 1 rings (SSSR count). The largest absolute Gasteiger partial charge is 0.451 e. The molecule has 2 N–H and O–H groups in total. The molecule has 0 atom stereocenters. The number of aromatic nitrogens is 2. The van der Waals surface area contributed by atoms with Crippen LogP contribution in [0.25, 0.3) is 0 Å². The van der Waals surface area contributed by atoms with Gasteiger partial charge in [-0.15, -0.1) is 0 Å². The molecule has 0 aliphatic rings. The fourth-order valence-corrected chi connectivity index (χ4v) is 1.30. The van der Waals surface area contributed by atoms with E-state index < -0.39 is 12.0 Å². The normalized spacial score (nSPS) is 12.2. The molecule has 0 spiro atoms. The Morgan fingerprint density at radius 1 is 1.45 bits per heavy atom. The Balaban J connectivity index is 2.82. The zero-order chi connectivity index (χ0) is 15.3. The number of nitrogens with one attached hydrogen (secondary N) is 2. The average Bonchev–Trinajstić information content (AvgIpc) is 2.33. The van der Waals surface area contributed by atoms with Crippen LogP contribution in [0.5, 0.6) is 0 Å². The second-order valence-electron chi connectivity index (χ2n) is 3.80. The van der Waals surface area contributed by atoms with E-state index in [0.29, 0.717) is 0 Å². The summed E-state index contributed by atoms with van der Waals surface area (Å²) < 4.78 is 36.7. The molecule has 1 aromatic rings. The van der Waals surface area contributed by atoms with E-state index in [2.05, 4.69) is 15.3 Å². The predicted molar refractivity (Wildman–Crippen MR) is 67.6 cm³/mol. The van der Waals surface area contributed by atoms with E-state index in [0.717, 1.165) is 12.4 Å². The SMILES string of the molecule is CC(=O)C/C(=C/Nc1cnc(C(F)(F)F)nc1)C(=N)Cl. The first kappa shape index (κ1) is 16.1. The Bertz CT molecular complexity index is 540. The number of rotatable bonds is 5. The van der Waals surface area contributed by atoms with Gasteiger partial charge >= 0.3 is 6.18 Å². The number of nitrogens with zero attached hydrogens (tertiary/aromatic N) is 2. The molecule has 0 aliphatic carbocycles. The molecule has 0 amide bonds. The highest BCUT2D eigenvalue weighted by molar-refractivity contribution is 6.68. The van der Waals surface area contributed by atoms with Crippen molar-refractivity contribution in [2.24, 2.45) is 0 Å². The van der Waals surface area contributed by atoms with Gasteiger partial charge in [-0.2, -0.15) is 13.2 Å². The van der Waals surface area contributed by atoms with Gasteiger partial charge in [0.2, 0.25) is 5.82 Å². The molecule has 0 aromatic carbocycles. The summed E-state index contributed by atoms with van der Waals surface area (Å²) in [5.41, 5.74) is 0.385. The van der Waals surface area contributed by atoms with Crippen LogP contribution in [0.2, 0.25) is 0 Å². The topological polar surface area (TPSA) is 78.7 Å². The first-order valence-electron chi connectivity index (χ1n) is 5.29. The highest BCUT2D eigenvalue weighted by Gasteiger charge is 2.34. The highest BCUT2D eigenvalue weighted by atomic mass is 35.5. The maximum absolute atomic E-state index is 12.2. The lowest BCUT2D eigenvalue weighted by atomic mass is 10.1. The first-order valence-corrected chi connectivity index (χ1v) is 5.66. The van der Waals surface area contributed by atoms with Gasteiger partial charge in [-0.3, -0.25) is 10.2 Å². The first-order chi connectivity index (χ1) is 9.20. The lowest BCUT2D eigenvalue weighted by Gasteiger charge is -2.06. The van der Waals surface area contributed by atoms with E-state index in [9.17, 15) is 18.0 Å². The van der Waals surface area contributed by atoms with Crippen LogP contribution in [0.4, 0.5) is 18.9 Å². The molecule has 0 radical (unpaired) electrons. The Kier molecular flexibility index (Phi) is 5.20. The fourth-order valence-electron chi connectivity index (χ4n) is 1.18. The van der Waals surface area contributed by atoms with E-state index in [1.54, 1.807) is 0 Å². The van der Waals surface area contributed by atoms with Crippen LogP contribution >= 0.6 is 11.6 Å². The molecule has 108 valence electrons. The summed E-state index contributed by atoms with van der Waals surface area (Å²) in [5.74, 6) is -1.45. The number of ketones is 1. The molecule has 0 bridgehead atoms. The number of carbonyl (C=O) groups excluding carboxylic acids is 1. The quantitative estimate of drug-likeness (QED) is 0.820. The monoisotopic (exact) mass is 306 g/mol. The summed E-state index contributed by atoms with van der Waals surface area (Å²) in [6, 6.07) is 0. The van der Waals surface area contributed by atoms with Crippen molar-refractivity contribution in [3.63, 3.8) is 0 Å². The zero-order valence-corrected chi connectivity index (χ0v) is 11.0. The predicted octanol–water partition coefficient (Wildman–Crippen LogP) is 2.99. The van der Waals surface area contributed by atoms with Gasteiger partial charge in [0.25, 0.3) is 0 Å². The van der Waals surface area contributed by atoms with Crippen molar-refractivity contribution in [2.75, 3.05) is 5.32 Å². The number of hydrogen-bond donors (Lipinski definition) is 2.